The van der Waals surface area contributed by atoms with E-state index in [0.29, 0.717) is 3.42 Å². The highest BCUT2D eigenvalue weighted by atomic mass is 127. The third-order valence-corrected chi connectivity index (χ3v) is 4.39. The predicted octanol–water partition coefficient (Wildman–Crippen LogP) is 3.89. The van der Waals surface area contributed by atoms with Crippen LogP contribution in [0.15, 0.2) is 30.3 Å². The Bertz CT molecular complexity index is 247. The van der Waals surface area contributed by atoms with Crippen LogP contribution in [0.2, 0.25) is 0 Å². The van der Waals surface area contributed by atoms with E-state index in [4.69, 9.17) is 0 Å². The maximum absolute atomic E-state index is 2.63. The van der Waals surface area contributed by atoms with Crippen LogP contribution in [0.1, 0.15) is 31.2 Å². The molecular formula is C11H13I. The fraction of sp³-hybridized carbons (Fsp3) is 0.455. The fourth-order valence-corrected chi connectivity index (χ4v) is 3.08. The summed E-state index contributed by atoms with van der Waals surface area (Å²) >= 11 is 2.63. The Kier molecular flexibility index (Phi) is 2.40. The van der Waals surface area contributed by atoms with Crippen molar-refractivity contribution in [1.29, 1.82) is 0 Å². The number of hydrogen-bond acceptors (Lipinski definition) is 0. The summed E-state index contributed by atoms with van der Waals surface area (Å²) in [4.78, 5) is 0. The van der Waals surface area contributed by atoms with Crippen molar-refractivity contribution in [2.45, 2.75) is 29.1 Å². The average molecular weight is 272 g/mol. The van der Waals surface area contributed by atoms with Crippen molar-refractivity contribution in [3.63, 3.8) is 0 Å². The molecule has 0 atom stereocenters. The molecule has 1 fully saturated rings. The molecule has 0 heterocycles. The van der Waals surface area contributed by atoms with Crippen LogP contribution in [0.5, 0.6) is 0 Å². The molecule has 64 valence electrons. The molecule has 1 aliphatic rings. The predicted molar refractivity (Wildman–Crippen MR) is 60.6 cm³/mol. The quantitative estimate of drug-likeness (QED) is 0.537. The molecule has 0 aliphatic heterocycles. The zero-order chi connectivity index (χ0) is 8.44. The summed E-state index contributed by atoms with van der Waals surface area (Å²) in [6.07, 6.45) is 5.52. The SMILES string of the molecule is IC1(c2ccccc2)CCCC1. The molecule has 1 heteroatoms. The van der Waals surface area contributed by atoms with Crippen molar-refractivity contribution in [2.24, 2.45) is 0 Å². The first-order valence-corrected chi connectivity index (χ1v) is 5.64. The molecule has 12 heavy (non-hydrogen) atoms. The summed E-state index contributed by atoms with van der Waals surface area (Å²) < 4.78 is 0.457. The van der Waals surface area contributed by atoms with Crippen molar-refractivity contribution in [3.05, 3.63) is 35.9 Å². The van der Waals surface area contributed by atoms with Gasteiger partial charge in [0, 0.05) is 3.42 Å². The normalized spacial score (nSPS) is 21.1. The number of benzene rings is 1. The molecule has 1 aromatic rings. The molecule has 2 rings (SSSR count). The lowest BCUT2D eigenvalue weighted by Gasteiger charge is -2.21. The Hall–Kier alpha value is -0.0500. The van der Waals surface area contributed by atoms with Gasteiger partial charge in [0.05, 0.1) is 0 Å². The van der Waals surface area contributed by atoms with E-state index in [9.17, 15) is 0 Å². The zero-order valence-electron chi connectivity index (χ0n) is 7.09. The first kappa shape index (κ1) is 8.54. The van der Waals surface area contributed by atoms with Crippen LogP contribution in [0.25, 0.3) is 0 Å². The summed E-state index contributed by atoms with van der Waals surface area (Å²) in [5, 5.41) is 0. The second-order valence-electron chi connectivity index (χ2n) is 3.54. The monoisotopic (exact) mass is 272 g/mol. The fourth-order valence-electron chi connectivity index (χ4n) is 1.96. The Morgan fingerprint density at radius 2 is 1.58 bits per heavy atom. The highest BCUT2D eigenvalue weighted by molar-refractivity contribution is 14.1. The molecule has 1 aliphatic carbocycles. The molecule has 0 nitrogen and oxygen atoms in total. The Morgan fingerprint density at radius 3 is 2.17 bits per heavy atom. The Morgan fingerprint density at radius 1 is 1.00 bits per heavy atom. The van der Waals surface area contributed by atoms with Gasteiger partial charge in [-0.2, -0.15) is 0 Å². The van der Waals surface area contributed by atoms with Gasteiger partial charge in [0.2, 0.25) is 0 Å². The van der Waals surface area contributed by atoms with Gasteiger partial charge in [-0.3, -0.25) is 0 Å². The van der Waals surface area contributed by atoms with Crippen LogP contribution in [0.3, 0.4) is 0 Å². The van der Waals surface area contributed by atoms with Gasteiger partial charge in [0.25, 0.3) is 0 Å². The van der Waals surface area contributed by atoms with E-state index in [-0.39, 0.29) is 0 Å². The van der Waals surface area contributed by atoms with Gasteiger partial charge in [0.1, 0.15) is 0 Å². The molecule has 1 aromatic carbocycles. The molecule has 0 amide bonds. The highest BCUT2D eigenvalue weighted by Crippen LogP contribution is 2.46. The second kappa shape index (κ2) is 3.36. The summed E-state index contributed by atoms with van der Waals surface area (Å²) in [5.41, 5.74) is 1.52. The smallest absolute Gasteiger partial charge is 0.0470 e. The van der Waals surface area contributed by atoms with Gasteiger partial charge in [0.15, 0.2) is 0 Å². The van der Waals surface area contributed by atoms with E-state index >= 15 is 0 Å². The Balaban J connectivity index is 2.29. The first-order chi connectivity index (χ1) is 5.81. The van der Waals surface area contributed by atoms with Gasteiger partial charge >= 0.3 is 0 Å². The van der Waals surface area contributed by atoms with Crippen LogP contribution in [-0.4, -0.2) is 0 Å². The molecule has 0 N–H and O–H groups in total. The summed E-state index contributed by atoms with van der Waals surface area (Å²) in [5.74, 6) is 0. The van der Waals surface area contributed by atoms with Crippen LogP contribution in [0.4, 0.5) is 0 Å². The van der Waals surface area contributed by atoms with E-state index in [1.165, 1.54) is 31.2 Å². The minimum absolute atomic E-state index is 0.457. The summed E-state index contributed by atoms with van der Waals surface area (Å²) in [6, 6.07) is 10.9. The number of hydrogen-bond donors (Lipinski definition) is 0. The van der Waals surface area contributed by atoms with E-state index in [2.05, 4.69) is 52.9 Å². The molecule has 0 bridgehead atoms. The van der Waals surface area contributed by atoms with Gasteiger partial charge < -0.3 is 0 Å². The van der Waals surface area contributed by atoms with Crippen LogP contribution in [-0.2, 0) is 3.42 Å². The number of halogens is 1. The van der Waals surface area contributed by atoms with Gasteiger partial charge in [-0.1, -0.05) is 65.8 Å². The number of rotatable bonds is 1. The average Bonchev–Trinajstić information content (AvgIpc) is 2.55. The van der Waals surface area contributed by atoms with Crippen molar-refractivity contribution >= 4 is 22.6 Å². The zero-order valence-corrected chi connectivity index (χ0v) is 9.25. The van der Waals surface area contributed by atoms with Crippen LogP contribution >= 0.6 is 22.6 Å². The summed E-state index contributed by atoms with van der Waals surface area (Å²) in [6.45, 7) is 0. The molecule has 0 spiro atoms. The third kappa shape index (κ3) is 1.51. The van der Waals surface area contributed by atoms with Gasteiger partial charge in [-0.15, -0.1) is 0 Å². The van der Waals surface area contributed by atoms with E-state index in [1.54, 1.807) is 0 Å². The van der Waals surface area contributed by atoms with Crippen LogP contribution in [0, 0.1) is 0 Å². The van der Waals surface area contributed by atoms with Crippen molar-refractivity contribution in [1.82, 2.24) is 0 Å². The van der Waals surface area contributed by atoms with Crippen molar-refractivity contribution in [3.8, 4) is 0 Å². The maximum Gasteiger partial charge on any atom is 0.0470 e. The van der Waals surface area contributed by atoms with E-state index in [1.807, 2.05) is 0 Å². The Labute approximate surface area is 87.5 Å². The number of alkyl halides is 1. The van der Waals surface area contributed by atoms with Crippen molar-refractivity contribution < 1.29 is 0 Å². The first-order valence-electron chi connectivity index (χ1n) is 4.56. The lowest BCUT2D eigenvalue weighted by molar-refractivity contribution is 0.689. The largest absolute Gasteiger partial charge is 0.0737 e. The van der Waals surface area contributed by atoms with Gasteiger partial charge in [-0.05, 0) is 18.4 Å². The molecule has 0 unspecified atom stereocenters. The van der Waals surface area contributed by atoms with Gasteiger partial charge in [-0.25, -0.2) is 0 Å². The third-order valence-electron chi connectivity index (χ3n) is 2.69. The highest BCUT2D eigenvalue weighted by Gasteiger charge is 2.31. The standard InChI is InChI=1S/C11H13I/c12-11(8-4-5-9-11)10-6-2-1-3-7-10/h1-3,6-7H,4-5,8-9H2. The van der Waals surface area contributed by atoms with E-state index < -0.39 is 0 Å². The molecule has 0 saturated heterocycles. The molecule has 0 radical (unpaired) electrons. The van der Waals surface area contributed by atoms with Crippen molar-refractivity contribution in [2.75, 3.05) is 0 Å². The maximum atomic E-state index is 2.63. The molecule has 1 saturated carbocycles. The van der Waals surface area contributed by atoms with Crippen LogP contribution < -0.4 is 0 Å². The topological polar surface area (TPSA) is 0 Å². The minimum Gasteiger partial charge on any atom is -0.0737 e. The lowest BCUT2D eigenvalue weighted by atomic mass is 9.98. The second-order valence-corrected chi connectivity index (χ2v) is 5.60. The lowest BCUT2D eigenvalue weighted by Crippen LogP contribution is -2.11. The summed E-state index contributed by atoms with van der Waals surface area (Å²) in [7, 11) is 0. The van der Waals surface area contributed by atoms with E-state index in [0.717, 1.165) is 0 Å². The molecule has 0 aromatic heterocycles. The minimum atomic E-state index is 0.457. The molecular weight excluding hydrogens is 259 g/mol.